The first-order valence-corrected chi connectivity index (χ1v) is 12.0. The van der Waals surface area contributed by atoms with Gasteiger partial charge in [0.2, 0.25) is 5.95 Å². The predicted octanol–water partition coefficient (Wildman–Crippen LogP) is 6.57. The molecule has 0 aliphatic heterocycles. The number of allylic oxidation sites excluding steroid dienone is 6. The van der Waals surface area contributed by atoms with Gasteiger partial charge in [-0.3, -0.25) is 4.57 Å². The van der Waals surface area contributed by atoms with Crippen molar-refractivity contribution in [2.75, 3.05) is 0 Å². The number of hydrogen-bond donors (Lipinski definition) is 0. The fourth-order valence-electron chi connectivity index (χ4n) is 6.41. The van der Waals surface area contributed by atoms with Crippen molar-refractivity contribution in [3.8, 4) is 18.1 Å². The molecule has 5 heteroatoms. The Kier molecular flexibility index (Phi) is 5.37. The summed E-state index contributed by atoms with van der Waals surface area (Å²) < 4.78 is 3.87. The summed E-state index contributed by atoms with van der Waals surface area (Å²) in [5, 5.41) is 20.5. The van der Waals surface area contributed by atoms with Crippen molar-refractivity contribution in [2.45, 2.75) is 33.1 Å². The Bertz CT molecular complexity index is 1520. The van der Waals surface area contributed by atoms with Gasteiger partial charge in [0.1, 0.15) is 12.1 Å². The lowest BCUT2D eigenvalue weighted by molar-refractivity contribution is 0.175. The summed E-state index contributed by atoms with van der Waals surface area (Å²) in [7, 11) is 1.80. The van der Waals surface area contributed by atoms with Crippen molar-refractivity contribution in [3.05, 3.63) is 89.4 Å². The van der Waals surface area contributed by atoms with E-state index in [-0.39, 0.29) is 22.7 Å². The number of hydrogen-bond acceptors (Lipinski definition) is 3. The standard InChI is InChI=1S/C30H29N5/c1-6-23-28-22(15-10-13-20-12-9-11-19(2)27(20)30(23,3)4)21-14-7-8-16-25(21)35(28)29-33-24(17-31)26(18-32)34(29)5/h6-12,14-16,19,23,27H,1,13H2,2-5H3. The van der Waals surface area contributed by atoms with Gasteiger partial charge in [0.15, 0.2) is 11.4 Å². The van der Waals surface area contributed by atoms with E-state index in [9.17, 15) is 10.5 Å². The van der Waals surface area contributed by atoms with Crippen LogP contribution in [0.4, 0.5) is 0 Å². The Hall–Kier alpha value is -4.09. The molecule has 0 bridgehead atoms. The van der Waals surface area contributed by atoms with Crippen LogP contribution in [-0.2, 0) is 7.05 Å². The number of nitrogens with zero attached hydrogens (tertiary/aromatic N) is 5. The molecule has 2 aliphatic carbocycles. The van der Waals surface area contributed by atoms with Crippen molar-refractivity contribution >= 4 is 17.0 Å². The maximum Gasteiger partial charge on any atom is 0.216 e. The first kappa shape index (κ1) is 22.7. The van der Waals surface area contributed by atoms with Crippen LogP contribution in [0, 0.1) is 39.9 Å². The first-order valence-electron chi connectivity index (χ1n) is 12.0. The van der Waals surface area contributed by atoms with Gasteiger partial charge in [0.25, 0.3) is 0 Å². The second kappa shape index (κ2) is 8.29. The number of para-hydroxylation sites is 1. The second-order valence-corrected chi connectivity index (χ2v) is 10.1. The van der Waals surface area contributed by atoms with Gasteiger partial charge < -0.3 is 4.57 Å². The molecule has 0 radical (unpaired) electrons. The van der Waals surface area contributed by atoms with Crippen LogP contribution >= 0.6 is 0 Å². The summed E-state index contributed by atoms with van der Waals surface area (Å²) in [5.74, 6) is 1.29. The lowest BCUT2D eigenvalue weighted by atomic mass is 9.60. The minimum atomic E-state index is -0.161. The molecule has 174 valence electrons. The van der Waals surface area contributed by atoms with Gasteiger partial charge in [0.05, 0.1) is 5.52 Å². The third-order valence-electron chi connectivity index (χ3n) is 7.86. The number of nitriles is 2. The Morgan fingerprint density at radius 1 is 1.20 bits per heavy atom. The topological polar surface area (TPSA) is 70.3 Å². The molecule has 1 aromatic carbocycles. The van der Waals surface area contributed by atoms with E-state index in [1.54, 1.807) is 11.6 Å². The van der Waals surface area contributed by atoms with Crippen LogP contribution in [0.2, 0.25) is 0 Å². The van der Waals surface area contributed by atoms with E-state index < -0.39 is 0 Å². The minimum Gasteiger partial charge on any atom is -0.303 e. The molecule has 0 saturated carbocycles. The first-order chi connectivity index (χ1) is 16.8. The molecule has 5 nitrogen and oxygen atoms in total. The third-order valence-corrected chi connectivity index (χ3v) is 7.86. The summed E-state index contributed by atoms with van der Waals surface area (Å²) in [6.45, 7) is 11.3. The second-order valence-electron chi connectivity index (χ2n) is 10.1. The van der Waals surface area contributed by atoms with Gasteiger partial charge in [-0.25, -0.2) is 0 Å². The van der Waals surface area contributed by atoms with E-state index in [1.807, 2.05) is 6.07 Å². The van der Waals surface area contributed by atoms with Crippen LogP contribution in [0.15, 0.2) is 66.8 Å². The van der Waals surface area contributed by atoms with Gasteiger partial charge in [-0.2, -0.15) is 15.5 Å². The van der Waals surface area contributed by atoms with E-state index in [2.05, 4.69) is 104 Å². The monoisotopic (exact) mass is 459 g/mol. The maximum atomic E-state index is 9.74. The van der Waals surface area contributed by atoms with Crippen LogP contribution in [0.3, 0.4) is 0 Å². The van der Waals surface area contributed by atoms with E-state index >= 15 is 0 Å². The quantitative estimate of drug-likeness (QED) is 0.407. The zero-order chi connectivity index (χ0) is 24.9. The van der Waals surface area contributed by atoms with Crippen LogP contribution in [-0.4, -0.2) is 14.1 Å². The lowest BCUT2D eigenvalue weighted by Crippen LogP contribution is -2.37. The molecule has 3 atom stereocenters. The summed E-state index contributed by atoms with van der Waals surface area (Å²) in [6, 6.07) is 12.5. The third kappa shape index (κ3) is 3.23. The Labute approximate surface area is 206 Å². The molecule has 5 rings (SSSR count). The van der Waals surface area contributed by atoms with Gasteiger partial charge in [-0.05, 0) is 29.7 Å². The molecule has 0 fully saturated rings. The van der Waals surface area contributed by atoms with Crippen molar-refractivity contribution < 1.29 is 0 Å². The maximum absolute atomic E-state index is 9.74. The Morgan fingerprint density at radius 3 is 2.66 bits per heavy atom. The average molecular weight is 460 g/mol. The van der Waals surface area contributed by atoms with Gasteiger partial charge in [0, 0.05) is 29.6 Å². The summed E-state index contributed by atoms with van der Waals surface area (Å²) >= 11 is 0. The fourth-order valence-corrected chi connectivity index (χ4v) is 6.41. The van der Waals surface area contributed by atoms with Crippen LogP contribution in [0.1, 0.15) is 55.8 Å². The molecule has 0 saturated heterocycles. The zero-order valence-electron chi connectivity index (χ0n) is 20.7. The molecule has 35 heavy (non-hydrogen) atoms. The van der Waals surface area contributed by atoms with Crippen LogP contribution < -0.4 is 0 Å². The molecule has 2 heterocycles. The largest absolute Gasteiger partial charge is 0.303 e. The lowest BCUT2D eigenvalue weighted by Gasteiger charge is -2.44. The molecule has 0 spiro atoms. The Balaban J connectivity index is 1.90. The van der Waals surface area contributed by atoms with Crippen molar-refractivity contribution in [3.63, 3.8) is 0 Å². The highest BCUT2D eigenvalue weighted by molar-refractivity contribution is 5.93. The highest BCUT2D eigenvalue weighted by Crippen LogP contribution is 2.53. The van der Waals surface area contributed by atoms with E-state index in [0.717, 1.165) is 28.6 Å². The molecular weight excluding hydrogens is 430 g/mol. The van der Waals surface area contributed by atoms with Crippen LogP contribution in [0.5, 0.6) is 0 Å². The summed E-state index contributed by atoms with van der Waals surface area (Å²) in [4.78, 5) is 4.65. The molecule has 2 aromatic heterocycles. The highest BCUT2D eigenvalue weighted by Gasteiger charge is 2.44. The number of benzene rings is 1. The SMILES string of the molecule is C=CC1c2c(c3ccccc3n2-c2nc(C#N)c(C#N)n2C)C=CCC2=CC=CC(C)C2C1(C)C. The number of fused-ring (bicyclic) bond motifs is 4. The van der Waals surface area contributed by atoms with Crippen LogP contribution in [0.25, 0.3) is 22.9 Å². The summed E-state index contributed by atoms with van der Waals surface area (Å²) in [5.41, 5.74) is 4.90. The van der Waals surface area contributed by atoms with E-state index in [4.69, 9.17) is 0 Å². The normalized spacial score (nSPS) is 22.7. The highest BCUT2D eigenvalue weighted by atomic mass is 15.2. The van der Waals surface area contributed by atoms with Crippen molar-refractivity contribution in [1.82, 2.24) is 14.1 Å². The van der Waals surface area contributed by atoms with Gasteiger partial charge >= 0.3 is 0 Å². The average Bonchev–Trinajstić information content (AvgIpc) is 3.33. The number of aromatic nitrogens is 3. The smallest absolute Gasteiger partial charge is 0.216 e. The van der Waals surface area contributed by atoms with Gasteiger partial charge in [-0.1, -0.05) is 81.0 Å². The number of rotatable bonds is 2. The summed E-state index contributed by atoms with van der Waals surface area (Å²) in [6.07, 6.45) is 14.2. The van der Waals surface area contributed by atoms with E-state index in [1.165, 1.54) is 5.57 Å². The zero-order valence-corrected chi connectivity index (χ0v) is 20.7. The predicted molar refractivity (Wildman–Crippen MR) is 140 cm³/mol. The fraction of sp³-hybridized carbons (Fsp3) is 0.300. The molecule has 2 aliphatic rings. The van der Waals surface area contributed by atoms with Crippen molar-refractivity contribution in [1.29, 1.82) is 10.5 Å². The Morgan fingerprint density at radius 2 is 1.97 bits per heavy atom. The number of imidazole rings is 1. The molecular formula is C30H29N5. The van der Waals surface area contributed by atoms with Gasteiger partial charge in [-0.15, -0.1) is 6.58 Å². The van der Waals surface area contributed by atoms with Crippen molar-refractivity contribution in [2.24, 2.45) is 24.3 Å². The van der Waals surface area contributed by atoms with E-state index in [0.29, 0.717) is 17.8 Å². The minimum absolute atomic E-state index is 0.0113. The molecule has 0 amide bonds. The molecule has 0 N–H and O–H groups in total. The molecule has 3 unspecified atom stereocenters. The molecule has 3 aromatic rings.